The highest BCUT2D eigenvalue weighted by Crippen LogP contribution is 2.47. The summed E-state index contributed by atoms with van der Waals surface area (Å²) in [6, 6.07) is 3.50. The van der Waals surface area contributed by atoms with E-state index in [2.05, 4.69) is 15.9 Å². The molecule has 2 N–H and O–H groups in total. The zero-order valence-corrected chi connectivity index (χ0v) is 16.8. The second-order valence-electron chi connectivity index (χ2n) is 6.16. The lowest BCUT2D eigenvalue weighted by atomic mass is 9.77. The van der Waals surface area contributed by atoms with Crippen molar-refractivity contribution in [1.82, 2.24) is 0 Å². The molecule has 1 atom stereocenters. The number of rotatable bonds is 4. The van der Waals surface area contributed by atoms with Crippen LogP contribution >= 0.6 is 15.9 Å². The number of halogens is 1. The van der Waals surface area contributed by atoms with Crippen LogP contribution < -0.4 is 15.2 Å². The fourth-order valence-corrected chi connectivity index (χ4v) is 4.12. The monoisotopic (exact) mass is 437 g/mol. The first kappa shape index (κ1) is 19.3. The van der Waals surface area contributed by atoms with Crippen LogP contribution in [0, 0.1) is 0 Å². The quantitative estimate of drug-likeness (QED) is 0.722. The molecule has 0 saturated heterocycles. The van der Waals surface area contributed by atoms with E-state index in [1.54, 1.807) is 12.1 Å². The van der Waals surface area contributed by atoms with E-state index < -0.39 is 11.9 Å². The Morgan fingerprint density at radius 3 is 2.59 bits per heavy atom. The fraction of sp³-hybridized carbons (Fsp3) is 0.368. The van der Waals surface area contributed by atoms with Crippen LogP contribution in [-0.2, 0) is 19.1 Å². The Labute approximate surface area is 165 Å². The fourth-order valence-electron chi connectivity index (χ4n) is 3.50. The van der Waals surface area contributed by atoms with Gasteiger partial charge in [-0.05, 0) is 40.0 Å². The van der Waals surface area contributed by atoms with E-state index >= 15 is 0 Å². The Morgan fingerprint density at radius 2 is 1.96 bits per heavy atom. The number of carbonyl (C=O) groups excluding carboxylic acids is 2. The van der Waals surface area contributed by atoms with Crippen LogP contribution in [0.2, 0.25) is 0 Å². The predicted molar refractivity (Wildman–Crippen MR) is 100 cm³/mol. The van der Waals surface area contributed by atoms with Crippen molar-refractivity contribution in [2.24, 2.45) is 5.73 Å². The summed E-state index contributed by atoms with van der Waals surface area (Å²) in [5, 5.41) is 0. The van der Waals surface area contributed by atoms with Gasteiger partial charge < -0.3 is 24.7 Å². The largest absolute Gasteiger partial charge is 0.493 e. The molecule has 7 nitrogen and oxygen atoms in total. The number of nitrogens with two attached hydrogens (primary N) is 1. The van der Waals surface area contributed by atoms with Gasteiger partial charge in [0.05, 0.1) is 31.7 Å². The number of carbonyl (C=O) groups is 2. The Hall–Kier alpha value is -2.48. The van der Waals surface area contributed by atoms with Crippen LogP contribution in [0.25, 0.3) is 0 Å². The molecule has 0 fully saturated rings. The number of esters is 1. The molecular weight excluding hydrogens is 418 g/mol. The number of Topliss-reactive ketones (excluding diaryl/α,β-unsaturated/α-hetero) is 1. The second kappa shape index (κ2) is 7.64. The van der Waals surface area contributed by atoms with Gasteiger partial charge in [-0.15, -0.1) is 0 Å². The Balaban J connectivity index is 2.25. The van der Waals surface area contributed by atoms with E-state index in [-0.39, 0.29) is 17.2 Å². The van der Waals surface area contributed by atoms with Crippen LogP contribution in [0.1, 0.15) is 30.7 Å². The summed E-state index contributed by atoms with van der Waals surface area (Å²) in [5.74, 6) is 0.00799. The second-order valence-corrected chi connectivity index (χ2v) is 7.01. The van der Waals surface area contributed by atoms with Gasteiger partial charge >= 0.3 is 5.97 Å². The van der Waals surface area contributed by atoms with Gasteiger partial charge in [0.15, 0.2) is 17.3 Å². The summed E-state index contributed by atoms with van der Waals surface area (Å²) < 4.78 is 21.9. The van der Waals surface area contributed by atoms with E-state index in [1.165, 1.54) is 21.3 Å². The minimum absolute atomic E-state index is 0.0498. The maximum absolute atomic E-state index is 12.7. The average molecular weight is 438 g/mol. The zero-order valence-electron chi connectivity index (χ0n) is 15.3. The first-order chi connectivity index (χ1) is 12.9. The molecule has 3 rings (SSSR count). The number of methoxy groups -OCH3 is 3. The maximum Gasteiger partial charge on any atom is 0.340 e. The number of hydrogen-bond donors (Lipinski definition) is 1. The molecule has 1 aromatic rings. The number of benzene rings is 1. The molecule has 1 aromatic carbocycles. The lowest BCUT2D eigenvalue weighted by molar-refractivity contribution is -0.136. The molecule has 1 aliphatic heterocycles. The van der Waals surface area contributed by atoms with Crippen LogP contribution in [0.15, 0.2) is 39.4 Å². The summed E-state index contributed by atoms with van der Waals surface area (Å²) in [6.07, 6.45) is 1.66. The molecule has 0 aromatic heterocycles. The van der Waals surface area contributed by atoms with Crippen LogP contribution in [0.5, 0.6) is 11.5 Å². The van der Waals surface area contributed by atoms with Gasteiger partial charge in [-0.3, -0.25) is 4.79 Å². The van der Waals surface area contributed by atoms with Crippen LogP contribution in [-0.4, -0.2) is 33.1 Å². The minimum atomic E-state index is -0.704. The molecule has 1 aliphatic carbocycles. The lowest BCUT2D eigenvalue weighted by Crippen LogP contribution is -2.31. The lowest BCUT2D eigenvalue weighted by Gasteiger charge is -2.32. The third-order valence-corrected chi connectivity index (χ3v) is 5.27. The first-order valence-electron chi connectivity index (χ1n) is 8.36. The van der Waals surface area contributed by atoms with Crippen molar-refractivity contribution in [3.63, 3.8) is 0 Å². The zero-order chi connectivity index (χ0) is 19.7. The third-order valence-electron chi connectivity index (χ3n) is 4.68. The van der Waals surface area contributed by atoms with Crippen LogP contribution in [0.3, 0.4) is 0 Å². The number of hydrogen-bond acceptors (Lipinski definition) is 7. The van der Waals surface area contributed by atoms with Gasteiger partial charge in [-0.2, -0.15) is 0 Å². The third kappa shape index (κ3) is 3.29. The molecule has 0 radical (unpaired) electrons. The molecule has 8 heteroatoms. The standard InChI is InChI=1S/C19H20BrNO6/c1-24-13-8-9(7-10(20)17(13)25-2)14-15-11(22)5-4-6-12(15)27-18(21)16(14)19(23)26-3/h7-8,14H,4-6,21H2,1-3H3/t14-/m0/s1. The number of allylic oxidation sites excluding steroid dienone is 2. The van der Waals surface area contributed by atoms with Crippen molar-refractivity contribution in [2.45, 2.75) is 25.2 Å². The van der Waals surface area contributed by atoms with Gasteiger partial charge in [0.25, 0.3) is 0 Å². The van der Waals surface area contributed by atoms with Crippen LogP contribution in [0.4, 0.5) is 0 Å². The normalized spacial score (nSPS) is 19.4. The Morgan fingerprint density at radius 1 is 1.22 bits per heavy atom. The van der Waals surface area contributed by atoms with Crippen molar-refractivity contribution in [1.29, 1.82) is 0 Å². The van der Waals surface area contributed by atoms with E-state index in [4.69, 9.17) is 24.7 Å². The van der Waals surface area contributed by atoms with E-state index in [0.717, 1.165) is 0 Å². The van der Waals surface area contributed by atoms with Gasteiger partial charge in [0, 0.05) is 18.4 Å². The molecule has 2 aliphatic rings. The molecular formula is C19H20BrNO6. The van der Waals surface area contributed by atoms with Gasteiger partial charge in [0.1, 0.15) is 11.3 Å². The summed E-state index contributed by atoms with van der Waals surface area (Å²) in [7, 11) is 4.30. The molecule has 0 spiro atoms. The smallest absolute Gasteiger partial charge is 0.340 e. The summed E-state index contributed by atoms with van der Waals surface area (Å²) in [4.78, 5) is 25.2. The van der Waals surface area contributed by atoms with Crippen molar-refractivity contribution >= 4 is 27.7 Å². The topological polar surface area (TPSA) is 97.1 Å². The summed E-state index contributed by atoms with van der Waals surface area (Å²) in [5.41, 5.74) is 7.23. The SMILES string of the molecule is COC(=O)C1=C(N)OC2=C(C(=O)CCC2)[C@@H]1c1cc(Br)c(OC)c(OC)c1. The highest BCUT2D eigenvalue weighted by Gasteiger charge is 2.41. The van der Waals surface area contributed by atoms with Crippen molar-refractivity contribution in [3.05, 3.63) is 45.0 Å². The molecule has 0 saturated carbocycles. The van der Waals surface area contributed by atoms with Gasteiger partial charge in [0.2, 0.25) is 5.88 Å². The van der Waals surface area contributed by atoms with Crippen molar-refractivity contribution in [2.75, 3.05) is 21.3 Å². The first-order valence-corrected chi connectivity index (χ1v) is 9.15. The molecule has 1 heterocycles. The maximum atomic E-state index is 12.7. The average Bonchev–Trinajstić information content (AvgIpc) is 2.65. The van der Waals surface area contributed by atoms with Gasteiger partial charge in [-0.25, -0.2) is 4.79 Å². The Kier molecular flexibility index (Phi) is 5.46. The van der Waals surface area contributed by atoms with Crippen molar-refractivity contribution in [3.8, 4) is 11.5 Å². The van der Waals surface area contributed by atoms with Gasteiger partial charge in [-0.1, -0.05) is 0 Å². The summed E-state index contributed by atoms with van der Waals surface area (Å²) in [6.45, 7) is 0. The molecule has 0 unspecified atom stereocenters. The highest BCUT2D eigenvalue weighted by molar-refractivity contribution is 9.10. The Bertz CT molecular complexity index is 873. The molecule has 0 amide bonds. The van der Waals surface area contributed by atoms with E-state index in [9.17, 15) is 9.59 Å². The van der Waals surface area contributed by atoms with Crippen molar-refractivity contribution < 1.29 is 28.5 Å². The predicted octanol–water partition coefficient (Wildman–Crippen LogP) is 2.93. The summed E-state index contributed by atoms with van der Waals surface area (Å²) >= 11 is 3.46. The highest BCUT2D eigenvalue weighted by atomic mass is 79.9. The van der Waals surface area contributed by atoms with E-state index in [0.29, 0.717) is 52.1 Å². The number of ether oxygens (including phenoxy) is 4. The molecule has 144 valence electrons. The molecule has 27 heavy (non-hydrogen) atoms. The molecule has 0 bridgehead atoms. The number of ketones is 1. The minimum Gasteiger partial charge on any atom is -0.493 e. The van der Waals surface area contributed by atoms with E-state index in [1.807, 2.05) is 0 Å².